The summed E-state index contributed by atoms with van der Waals surface area (Å²) >= 11 is 7.21. The highest BCUT2D eigenvalue weighted by Crippen LogP contribution is 2.22. The van der Waals surface area contributed by atoms with Gasteiger partial charge in [0.1, 0.15) is 5.82 Å². The van der Waals surface area contributed by atoms with E-state index in [0.717, 1.165) is 17.5 Å². The van der Waals surface area contributed by atoms with Gasteiger partial charge in [0.15, 0.2) is 0 Å². The Labute approximate surface area is 94.1 Å². The first-order valence-corrected chi connectivity index (χ1v) is 5.82. The van der Waals surface area contributed by atoms with Crippen LogP contribution in [0.15, 0.2) is 0 Å². The minimum Gasteiger partial charge on any atom is -0.359 e. The third kappa shape index (κ3) is 3.42. The molecule has 1 aromatic rings. The molecule has 0 spiro atoms. The SMILES string of the molecule is CC(Cl)CNc1nc(C(C)(C)C)ns1. The van der Waals surface area contributed by atoms with Crippen molar-refractivity contribution < 1.29 is 0 Å². The summed E-state index contributed by atoms with van der Waals surface area (Å²) in [6, 6.07) is 0. The zero-order chi connectivity index (χ0) is 10.8. The number of aromatic nitrogens is 2. The van der Waals surface area contributed by atoms with E-state index in [1.807, 2.05) is 6.92 Å². The first-order chi connectivity index (χ1) is 6.39. The number of nitrogens with zero attached hydrogens (tertiary/aromatic N) is 2. The van der Waals surface area contributed by atoms with Gasteiger partial charge >= 0.3 is 0 Å². The predicted molar refractivity (Wildman–Crippen MR) is 62.4 cm³/mol. The van der Waals surface area contributed by atoms with Crippen molar-refractivity contribution in [2.45, 2.75) is 38.5 Å². The van der Waals surface area contributed by atoms with Crippen LogP contribution in [-0.2, 0) is 5.41 Å². The Balaban J connectivity index is 2.60. The van der Waals surface area contributed by atoms with E-state index < -0.39 is 0 Å². The normalized spacial score (nSPS) is 14.1. The van der Waals surface area contributed by atoms with Crippen molar-refractivity contribution in [2.24, 2.45) is 0 Å². The molecule has 0 aliphatic heterocycles. The molecule has 0 aliphatic carbocycles. The minimum atomic E-state index is 0.0169. The van der Waals surface area contributed by atoms with Crippen molar-refractivity contribution in [3.8, 4) is 0 Å². The van der Waals surface area contributed by atoms with Crippen LogP contribution in [0.2, 0.25) is 0 Å². The molecule has 0 fully saturated rings. The van der Waals surface area contributed by atoms with Crippen LogP contribution < -0.4 is 5.32 Å². The maximum absolute atomic E-state index is 5.82. The molecular formula is C9H16ClN3S. The quantitative estimate of drug-likeness (QED) is 0.816. The monoisotopic (exact) mass is 233 g/mol. The molecule has 80 valence electrons. The molecule has 0 saturated carbocycles. The molecule has 3 nitrogen and oxygen atoms in total. The molecule has 0 aliphatic rings. The first-order valence-electron chi connectivity index (χ1n) is 4.61. The third-order valence-electron chi connectivity index (χ3n) is 1.63. The van der Waals surface area contributed by atoms with Gasteiger partial charge in [0.05, 0.1) is 0 Å². The molecule has 1 unspecified atom stereocenters. The average molecular weight is 234 g/mol. The Morgan fingerprint density at radius 1 is 1.50 bits per heavy atom. The molecule has 1 atom stereocenters. The van der Waals surface area contributed by atoms with Gasteiger partial charge in [0.25, 0.3) is 0 Å². The van der Waals surface area contributed by atoms with Crippen LogP contribution in [0.25, 0.3) is 0 Å². The van der Waals surface area contributed by atoms with Gasteiger partial charge in [-0.15, -0.1) is 11.6 Å². The number of hydrogen-bond donors (Lipinski definition) is 1. The highest BCUT2D eigenvalue weighted by molar-refractivity contribution is 7.09. The summed E-state index contributed by atoms with van der Waals surface area (Å²) in [5, 5.41) is 4.11. The number of hydrogen-bond acceptors (Lipinski definition) is 4. The third-order valence-corrected chi connectivity index (χ3v) is 2.46. The van der Waals surface area contributed by atoms with E-state index in [9.17, 15) is 0 Å². The van der Waals surface area contributed by atoms with Crippen LogP contribution in [-0.4, -0.2) is 21.3 Å². The van der Waals surface area contributed by atoms with Crippen molar-refractivity contribution in [1.82, 2.24) is 9.36 Å². The van der Waals surface area contributed by atoms with E-state index in [2.05, 4.69) is 35.4 Å². The summed E-state index contributed by atoms with van der Waals surface area (Å²) < 4.78 is 4.29. The fourth-order valence-corrected chi connectivity index (χ4v) is 1.67. The molecule has 1 rings (SSSR count). The van der Waals surface area contributed by atoms with Gasteiger partial charge in [-0.3, -0.25) is 0 Å². The smallest absolute Gasteiger partial charge is 0.202 e. The van der Waals surface area contributed by atoms with Gasteiger partial charge in [0, 0.05) is 28.9 Å². The highest BCUT2D eigenvalue weighted by Gasteiger charge is 2.19. The molecule has 1 N–H and O–H groups in total. The Morgan fingerprint density at radius 3 is 2.57 bits per heavy atom. The fourth-order valence-electron chi connectivity index (χ4n) is 0.828. The second kappa shape index (κ2) is 4.45. The van der Waals surface area contributed by atoms with Crippen LogP contribution in [0.5, 0.6) is 0 Å². The molecule has 0 saturated heterocycles. The zero-order valence-corrected chi connectivity index (χ0v) is 10.5. The molecule has 1 heterocycles. The lowest BCUT2D eigenvalue weighted by Crippen LogP contribution is -2.14. The molecule has 0 bridgehead atoms. The Morgan fingerprint density at radius 2 is 2.14 bits per heavy atom. The van der Waals surface area contributed by atoms with E-state index >= 15 is 0 Å². The maximum atomic E-state index is 5.82. The lowest BCUT2D eigenvalue weighted by Gasteiger charge is -2.12. The lowest BCUT2D eigenvalue weighted by molar-refractivity contribution is 0.555. The summed E-state index contributed by atoms with van der Waals surface area (Å²) in [6.45, 7) is 8.97. The van der Waals surface area contributed by atoms with Crippen molar-refractivity contribution in [2.75, 3.05) is 11.9 Å². The predicted octanol–water partition coefficient (Wildman–Crippen LogP) is 2.87. The fraction of sp³-hybridized carbons (Fsp3) is 0.778. The second-order valence-corrected chi connectivity index (χ2v) is 5.83. The van der Waals surface area contributed by atoms with Crippen LogP contribution >= 0.6 is 23.1 Å². The second-order valence-electron chi connectivity index (χ2n) is 4.33. The number of halogens is 1. The molecule has 5 heteroatoms. The number of alkyl halides is 1. The molecule has 1 aromatic heterocycles. The van der Waals surface area contributed by atoms with Crippen molar-refractivity contribution in [1.29, 1.82) is 0 Å². The van der Waals surface area contributed by atoms with Gasteiger partial charge in [-0.25, -0.2) is 4.98 Å². The van der Waals surface area contributed by atoms with E-state index in [4.69, 9.17) is 11.6 Å². The van der Waals surface area contributed by atoms with Crippen LogP contribution in [0.1, 0.15) is 33.5 Å². The van der Waals surface area contributed by atoms with E-state index in [-0.39, 0.29) is 10.8 Å². The van der Waals surface area contributed by atoms with E-state index in [0.29, 0.717) is 0 Å². The largest absolute Gasteiger partial charge is 0.359 e. The van der Waals surface area contributed by atoms with Crippen molar-refractivity contribution >= 4 is 28.3 Å². The Bertz CT molecular complexity index is 290. The molecular weight excluding hydrogens is 218 g/mol. The molecule has 0 radical (unpaired) electrons. The van der Waals surface area contributed by atoms with Gasteiger partial charge in [-0.05, 0) is 6.92 Å². The summed E-state index contributed by atoms with van der Waals surface area (Å²) in [5.74, 6) is 0.882. The maximum Gasteiger partial charge on any atom is 0.202 e. The number of nitrogens with one attached hydrogen (secondary N) is 1. The van der Waals surface area contributed by atoms with Crippen molar-refractivity contribution in [3.05, 3.63) is 5.82 Å². The van der Waals surface area contributed by atoms with E-state index in [1.54, 1.807) is 0 Å². The molecule has 0 amide bonds. The summed E-state index contributed by atoms with van der Waals surface area (Å²) in [4.78, 5) is 4.39. The minimum absolute atomic E-state index is 0.0169. The zero-order valence-electron chi connectivity index (χ0n) is 8.97. The van der Waals surface area contributed by atoms with E-state index in [1.165, 1.54) is 11.5 Å². The highest BCUT2D eigenvalue weighted by atomic mass is 35.5. The van der Waals surface area contributed by atoms with Gasteiger partial charge < -0.3 is 5.32 Å². The van der Waals surface area contributed by atoms with Gasteiger partial charge in [-0.2, -0.15) is 4.37 Å². The summed E-state index contributed by atoms with van der Waals surface area (Å²) in [7, 11) is 0. The first kappa shape index (κ1) is 11.7. The topological polar surface area (TPSA) is 37.8 Å². The van der Waals surface area contributed by atoms with Crippen LogP contribution in [0, 0.1) is 0 Å². The molecule has 0 aromatic carbocycles. The number of anilines is 1. The number of rotatable bonds is 3. The summed E-state index contributed by atoms with van der Waals surface area (Å²) in [5.41, 5.74) is 0.0169. The van der Waals surface area contributed by atoms with Gasteiger partial charge in [0.2, 0.25) is 5.13 Å². The Kier molecular flexibility index (Phi) is 3.72. The Hall–Kier alpha value is -0.350. The average Bonchev–Trinajstić information content (AvgIpc) is 2.47. The van der Waals surface area contributed by atoms with Gasteiger partial charge in [-0.1, -0.05) is 20.8 Å². The standard InChI is InChI=1S/C9H16ClN3S/c1-6(10)5-11-8-12-7(13-14-8)9(2,3)4/h6H,5H2,1-4H3,(H,11,12,13). The molecule has 14 heavy (non-hydrogen) atoms. The lowest BCUT2D eigenvalue weighted by atomic mass is 9.96. The van der Waals surface area contributed by atoms with Crippen LogP contribution in [0.3, 0.4) is 0 Å². The van der Waals surface area contributed by atoms with Crippen molar-refractivity contribution in [3.63, 3.8) is 0 Å². The summed E-state index contributed by atoms with van der Waals surface area (Å²) in [6.07, 6.45) is 0. The van der Waals surface area contributed by atoms with Crippen LogP contribution in [0.4, 0.5) is 5.13 Å².